The highest BCUT2D eigenvalue weighted by Crippen LogP contribution is 2.35. The third kappa shape index (κ3) is 4.07. The fourth-order valence-corrected chi connectivity index (χ4v) is 3.17. The van der Waals surface area contributed by atoms with Crippen molar-refractivity contribution in [2.75, 3.05) is 6.61 Å². The lowest BCUT2D eigenvalue weighted by atomic mass is 9.97. The minimum Gasteiger partial charge on any atom is -0.462 e. The summed E-state index contributed by atoms with van der Waals surface area (Å²) in [5.41, 5.74) is 1.64. The first-order valence-electron chi connectivity index (χ1n) is 8.54. The molecule has 0 spiro atoms. The Hall–Kier alpha value is -2.17. The van der Waals surface area contributed by atoms with Crippen LogP contribution in [0, 0.1) is 0 Å². The Morgan fingerprint density at radius 3 is 2.67 bits per heavy atom. The zero-order valence-electron chi connectivity index (χ0n) is 14.9. The maximum atomic E-state index is 11.5. The highest BCUT2D eigenvalue weighted by atomic mass is 16.7. The molecule has 148 valence electrons. The number of aliphatic hydroxyl groups is 4. The minimum atomic E-state index is -1.40. The first-order valence-corrected chi connectivity index (χ1v) is 8.54. The van der Waals surface area contributed by atoms with Crippen LogP contribution < -0.4 is 14.8 Å². The van der Waals surface area contributed by atoms with E-state index in [1.807, 2.05) is 6.92 Å². The van der Waals surface area contributed by atoms with Crippen LogP contribution in [0.4, 0.5) is 0 Å². The standard InChI is InChI=1S/C18H23NO8/c1-8-5-14(22)26-12-6-10(3-4-11(8)12)25-18-15(19-9(2)21)17(24)16(23)13(7-20)27-18/h3-6,13-18,20,22-24H,7H2,1-2H3,(H,19,21)/t13-,14-,15-,16-,17-,18-/m1/s1. The number of benzene rings is 1. The van der Waals surface area contributed by atoms with Gasteiger partial charge in [0.05, 0.1) is 6.61 Å². The fraction of sp³-hybridized carbons (Fsp3) is 0.500. The number of allylic oxidation sites excluding steroid dienone is 1. The number of ether oxygens (including phenoxy) is 3. The monoisotopic (exact) mass is 381 g/mol. The van der Waals surface area contributed by atoms with Crippen LogP contribution in [0.2, 0.25) is 0 Å². The number of hydrogen-bond acceptors (Lipinski definition) is 8. The van der Waals surface area contributed by atoms with Crippen LogP contribution in [0.25, 0.3) is 5.57 Å². The maximum absolute atomic E-state index is 11.5. The average Bonchev–Trinajstić information content (AvgIpc) is 2.60. The number of carbonyl (C=O) groups is 1. The molecule has 2 heterocycles. The molecule has 9 nitrogen and oxygen atoms in total. The lowest BCUT2D eigenvalue weighted by molar-refractivity contribution is -0.244. The second-order valence-electron chi connectivity index (χ2n) is 6.57. The predicted molar refractivity (Wildman–Crippen MR) is 92.7 cm³/mol. The first-order chi connectivity index (χ1) is 12.8. The molecule has 27 heavy (non-hydrogen) atoms. The Balaban J connectivity index is 1.84. The van der Waals surface area contributed by atoms with E-state index in [0.29, 0.717) is 11.5 Å². The van der Waals surface area contributed by atoms with E-state index >= 15 is 0 Å². The van der Waals surface area contributed by atoms with Gasteiger partial charge in [0.25, 0.3) is 0 Å². The van der Waals surface area contributed by atoms with Crippen molar-refractivity contribution >= 4 is 11.5 Å². The van der Waals surface area contributed by atoms with Crippen molar-refractivity contribution in [3.05, 3.63) is 29.8 Å². The smallest absolute Gasteiger partial charge is 0.223 e. The number of hydrogen-bond donors (Lipinski definition) is 5. The van der Waals surface area contributed by atoms with Gasteiger partial charge in [-0.05, 0) is 30.7 Å². The van der Waals surface area contributed by atoms with E-state index in [0.717, 1.165) is 11.1 Å². The topological polar surface area (TPSA) is 138 Å². The van der Waals surface area contributed by atoms with Crippen LogP contribution >= 0.6 is 0 Å². The number of carbonyl (C=O) groups excluding carboxylic acids is 1. The number of fused-ring (bicyclic) bond motifs is 1. The van der Waals surface area contributed by atoms with Gasteiger partial charge in [-0.25, -0.2) is 0 Å². The van der Waals surface area contributed by atoms with E-state index in [2.05, 4.69) is 5.32 Å². The molecule has 0 aromatic heterocycles. The summed E-state index contributed by atoms with van der Waals surface area (Å²) in [4.78, 5) is 11.5. The van der Waals surface area contributed by atoms with Crippen molar-refractivity contribution in [2.45, 2.75) is 50.8 Å². The quantitative estimate of drug-likeness (QED) is 0.454. The lowest BCUT2D eigenvalue weighted by Crippen LogP contribution is -2.65. The molecule has 1 fully saturated rings. The molecule has 0 radical (unpaired) electrons. The Bertz CT molecular complexity index is 736. The summed E-state index contributed by atoms with van der Waals surface area (Å²) in [7, 11) is 0. The van der Waals surface area contributed by atoms with Crippen LogP contribution in [-0.2, 0) is 9.53 Å². The minimum absolute atomic E-state index is 0.302. The Morgan fingerprint density at radius 2 is 2.00 bits per heavy atom. The van der Waals surface area contributed by atoms with E-state index in [-0.39, 0.29) is 0 Å². The SMILES string of the molecule is CC(=O)N[C@H]1[C@H](Oc2ccc3c(c2)O[C@@H](O)C=C3C)O[C@H](CO)[C@@H](O)[C@@H]1O. The third-order valence-corrected chi connectivity index (χ3v) is 4.52. The van der Waals surface area contributed by atoms with Crippen LogP contribution in [-0.4, -0.2) is 69.9 Å². The van der Waals surface area contributed by atoms with Crippen LogP contribution in [0.1, 0.15) is 19.4 Å². The Morgan fingerprint density at radius 1 is 1.26 bits per heavy atom. The largest absolute Gasteiger partial charge is 0.462 e. The zero-order chi connectivity index (χ0) is 19.7. The van der Waals surface area contributed by atoms with E-state index in [4.69, 9.17) is 14.2 Å². The molecule has 2 aliphatic heterocycles. The molecular weight excluding hydrogens is 358 g/mol. The van der Waals surface area contributed by atoms with Crippen LogP contribution in [0.15, 0.2) is 24.3 Å². The van der Waals surface area contributed by atoms with Gasteiger partial charge in [-0.3, -0.25) is 4.79 Å². The maximum Gasteiger partial charge on any atom is 0.223 e. The molecule has 3 rings (SSSR count). The van der Waals surface area contributed by atoms with Gasteiger partial charge in [-0.1, -0.05) is 0 Å². The van der Waals surface area contributed by atoms with Gasteiger partial charge < -0.3 is 40.0 Å². The molecule has 2 aliphatic rings. The van der Waals surface area contributed by atoms with Crippen molar-refractivity contribution in [1.29, 1.82) is 0 Å². The Kier molecular flexibility index (Phi) is 5.68. The van der Waals surface area contributed by atoms with Gasteiger partial charge in [0.1, 0.15) is 35.9 Å². The summed E-state index contributed by atoms with van der Waals surface area (Å²) in [5.74, 6) is 0.269. The molecule has 5 N–H and O–H groups in total. The second kappa shape index (κ2) is 7.83. The molecule has 1 saturated heterocycles. The highest BCUT2D eigenvalue weighted by molar-refractivity contribution is 5.73. The molecule has 6 atom stereocenters. The van der Waals surface area contributed by atoms with Crippen molar-refractivity contribution in [1.82, 2.24) is 5.32 Å². The summed E-state index contributed by atoms with van der Waals surface area (Å²) in [6.45, 7) is 2.57. The van der Waals surface area contributed by atoms with E-state index in [9.17, 15) is 25.2 Å². The molecule has 1 amide bonds. The molecule has 1 aromatic carbocycles. The van der Waals surface area contributed by atoms with Gasteiger partial charge in [0.2, 0.25) is 18.5 Å². The number of aliphatic hydroxyl groups excluding tert-OH is 4. The fourth-order valence-electron chi connectivity index (χ4n) is 3.17. The summed E-state index contributed by atoms with van der Waals surface area (Å²) in [5, 5.41) is 41.9. The van der Waals surface area contributed by atoms with Crippen molar-refractivity contribution in [3.63, 3.8) is 0 Å². The van der Waals surface area contributed by atoms with Crippen molar-refractivity contribution in [2.24, 2.45) is 0 Å². The normalized spacial score (nSPS) is 32.7. The molecule has 9 heteroatoms. The zero-order valence-corrected chi connectivity index (χ0v) is 14.9. The molecule has 0 saturated carbocycles. The van der Waals surface area contributed by atoms with E-state index < -0.39 is 49.4 Å². The predicted octanol–water partition coefficient (Wildman–Crippen LogP) is -0.877. The highest BCUT2D eigenvalue weighted by Gasteiger charge is 2.46. The molecule has 0 bridgehead atoms. The van der Waals surface area contributed by atoms with Gasteiger partial charge in [0, 0.05) is 18.6 Å². The molecule has 0 aliphatic carbocycles. The van der Waals surface area contributed by atoms with Gasteiger partial charge >= 0.3 is 0 Å². The first kappa shape index (κ1) is 19.6. The third-order valence-electron chi connectivity index (χ3n) is 4.52. The van der Waals surface area contributed by atoms with E-state index in [1.165, 1.54) is 6.92 Å². The Labute approximate surface area is 155 Å². The molecule has 0 unspecified atom stereocenters. The second-order valence-corrected chi connectivity index (χ2v) is 6.57. The molecule has 1 aromatic rings. The van der Waals surface area contributed by atoms with Crippen molar-refractivity contribution in [3.8, 4) is 11.5 Å². The number of rotatable bonds is 4. The summed E-state index contributed by atoms with van der Waals surface area (Å²) in [6.07, 6.45) is -4.51. The lowest BCUT2D eigenvalue weighted by Gasteiger charge is -2.42. The van der Waals surface area contributed by atoms with E-state index in [1.54, 1.807) is 24.3 Å². The average molecular weight is 381 g/mol. The molecular formula is C18H23NO8. The van der Waals surface area contributed by atoms with Gasteiger partial charge in [0.15, 0.2) is 0 Å². The van der Waals surface area contributed by atoms with Crippen LogP contribution in [0.3, 0.4) is 0 Å². The summed E-state index contributed by atoms with van der Waals surface area (Å²) in [6, 6.07) is 3.89. The summed E-state index contributed by atoms with van der Waals surface area (Å²) >= 11 is 0. The van der Waals surface area contributed by atoms with Gasteiger partial charge in [-0.2, -0.15) is 0 Å². The number of nitrogens with one attached hydrogen (secondary N) is 1. The van der Waals surface area contributed by atoms with Crippen molar-refractivity contribution < 1.29 is 39.4 Å². The summed E-state index contributed by atoms with van der Waals surface area (Å²) < 4.78 is 16.6. The van der Waals surface area contributed by atoms with Gasteiger partial charge in [-0.15, -0.1) is 0 Å². The van der Waals surface area contributed by atoms with Crippen LogP contribution in [0.5, 0.6) is 11.5 Å². The number of amides is 1.